The van der Waals surface area contributed by atoms with Crippen LogP contribution in [0.5, 0.6) is 0 Å². The van der Waals surface area contributed by atoms with Crippen LogP contribution in [-0.4, -0.2) is 40.7 Å². The average Bonchev–Trinajstić information content (AvgIpc) is 3.04. The van der Waals surface area contributed by atoms with Gasteiger partial charge in [0.15, 0.2) is 0 Å². The molecule has 3 rings (SSSR count). The van der Waals surface area contributed by atoms with Crippen LogP contribution in [-0.2, 0) is 16.1 Å². The Morgan fingerprint density at radius 1 is 1.26 bits per heavy atom. The summed E-state index contributed by atoms with van der Waals surface area (Å²) in [6.07, 6.45) is 3.85. The van der Waals surface area contributed by atoms with Gasteiger partial charge in [0.05, 0.1) is 5.41 Å². The van der Waals surface area contributed by atoms with Gasteiger partial charge in [-0.15, -0.1) is 0 Å². The molecule has 23 heavy (non-hydrogen) atoms. The van der Waals surface area contributed by atoms with Crippen LogP contribution < -0.4 is 0 Å². The highest BCUT2D eigenvalue weighted by atomic mass is 16.2. The van der Waals surface area contributed by atoms with Gasteiger partial charge in [-0.3, -0.25) is 9.59 Å². The largest absolute Gasteiger partial charge is 0.340 e. The maximum atomic E-state index is 13.1. The van der Waals surface area contributed by atoms with Crippen molar-refractivity contribution in [1.29, 1.82) is 0 Å². The van der Waals surface area contributed by atoms with Crippen molar-refractivity contribution in [1.82, 2.24) is 9.80 Å². The van der Waals surface area contributed by atoms with Crippen LogP contribution in [0.2, 0.25) is 0 Å². The van der Waals surface area contributed by atoms with Crippen molar-refractivity contribution in [2.75, 3.05) is 7.05 Å². The Morgan fingerprint density at radius 3 is 2.43 bits per heavy atom. The van der Waals surface area contributed by atoms with Gasteiger partial charge in [0.2, 0.25) is 11.8 Å². The lowest BCUT2D eigenvalue weighted by molar-refractivity contribution is -0.184. The summed E-state index contributed by atoms with van der Waals surface area (Å²) in [5, 5.41) is 0. The molecule has 1 aromatic rings. The second-order valence-electron chi connectivity index (χ2n) is 7.25. The molecular formula is C19H26N2O2. The summed E-state index contributed by atoms with van der Waals surface area (Å²) >= 11 is 0. The quantitative estimate of drug-likeness (QED) is 0.802. The molecule has 0 aromatic heterocycles. The SMILES string of the molecule is CC(C)N1C(=O)C2(CCCC2)C1C(=O)N(C)Cc1ccccc1. The summed E-state index contributed by atoms with van der Waals surface area (Å²) in [5.74, 6) is 0.278. The molecule has 0 N–H and O–H groups in total. The predicted molar refractivity (Wildman–Crippen MR) is 89.6 cm³/mol. The van der Waals surface area contributed by atoms with Crippen LogP contribution in [0, 0.1) is 5.41 Å². The molecule has 1 unspecified atom stereocenters. The highest BCUT2D eigenvalue weighted by Crippen LogP contribution is 2.52. The minimum atomic E-state index is -0.410. The maximum absolute atomic E-state index is 13.1. The van der Waals surface area contributed by atoms with Crippen molar-refractivity contribution in [3.8, 4) is 0 Å². The van der Waals surface area contributed by atoms with Gasteiger partial charge in [-0.05, 0) is 32.3 Å². The Labute approximate surface area is 138 Å². The monoisotopic (exact) mass is 314 g/mol. The number of carbonyl (C=O) groups excluding carboxylic acids is 2. The zero-order valence-corrected chi connectivity index (χ0v) is 14.3. The fourth-order valence-electron chi connectivity index (χ4n) is 4.22. The summed E-state index contributed by atoms with van der Waals surface area (Å²) < 4.78 is 0. The van der Waals surface area contributed by atoms with Crippen LogP contribution in [0.3, 0.4) is 0 Å². The van der Waals surface area contributed by atoms with Crippen molar-refractivity contribution in [3.63, 3.8) is 0 Å². The van der Waals surface area contributed by atoms with Gasteiger partial charge in [-0.2, -0.15) is 0 Å². The van der Waals surface area contributed by atoms with E-state index in [1.54, 1.807) is 9.80 Å². The van der Waals surface area contributed by atoms with Crippen molar-refractivity contribution < 1.29 is 9.59 Å². The summed E-state index contributed by atoms with van der Waals surface area (Å²) in [4.78, 5) is 29.3. The van der Waals surface area contributed by atoms with Gasteiger partial charge < -0.3 is 9.80 Å². The topological polar surface area (TPSA) is 40.6 Å². The lowest BCUT2D eigenvalue weighted by atomic mass is 9.67. The molecule has 124 valence electrons. The Hall–Kier alpha value is -1.84. The average molecular weight is 314 g/mol. The Balaban J connectivity index is 1.79. The van der Waals surface area contributed by atoms with E-state index in [-0.39, 0.29) is 23.9 Å². The molecule has 1 aromatic carbocycles. The highest BCUT2D eigenvalue weighted by Gasteiger charge is 2.65. The van der Waals surface area contributed by atoms with E-state index in [4.69, 9.17) is 0 Å². The first-order valence-corrected chi connectivity index (χ1v) is 8.59. The third-order valence-electron chi connectivity index (χ3n) is 5.39. The number of carbonyl (C=O) groups is 2. The molecule has 1 saturated carbocycles. The molecule has 1 aliphatic carbocycles. The van der Waals surface area contributed by atoms with Gasteiger partial charge in [0.25, 0.3) is 0 Å². The number of nitrogens with zero attached hydrogens (tertiary/aromatic N) is 2. The van der Waals surface area contributed by atoms with E-state index < -0.39 is 5.41 Å². The first kappa shape index (κ1) is 16.0. The van der Waals surface area contributed by atoms with Crippen LogP contribution >= 0.6 is 0 Å². The van der Waals surface area contributed by atoms with E-state index in [2.05, 4.69) is 0 Å². The molecule has 2 amide bonds. The standard InChI is InChI=1S/C19H26N2O2/c1-14(2)21-16(19(18(21)23)11-7-8-12-19)17(22)20(3)13-15-9-5-4-6-10-15/h4-6,9-10,14,16H,7-8,11-13H2,1-3H3. The van der Waals surface area contributed by atoms with Gasteiger partial charge >= 0.3 is 0 Å². The lowest BCUT2D eigenvalue weighted by Gasteiger charge is -2.56. The number of hydrogen-bond donors (Lipinski definition) is 0. The predicted octanol–water partition coefficient (Wildman–Crippen LogP) is 2.82. The molecule has 1 saturated heterocycles. The van der Waals surface area contributed by atoms with E-state index >= 15 is 0 Å². The molecule has 4 heteroatoms. The normalized spacial score (nSPS) is 22.5. The third-order valence-corrected chi connectivity index (χ3v) is 5.39. The van der Waals surface area contributed by atoms with Gasteiger partial charge in [0.1, 0.15) is 6.04 Å². The summed E-state index contributed by atoms with van der Waals surface area (Å²) in [5.41, 5.74) is 0.706. The minimum absolute atomic E-state index is 0.0767. The van der Waals surface area contributed by atoms with E-state index in [0.29, 0.717) is 6.54 Å². The van der Waals surface area contributed by atoms with E-state index in [1.807, 2.05) is 51.2 Å². The number of hydrogen-bond acceptors (Lipinski definition) is 2. The molecular weight excluding hydrogens is 288 g/mol. The first-order valence-electron chi connectivity index (χ1n) is 8.59. The number of likely N-dealkylation sites (N-methyl/N-ethyl adjacent to an activating group) is 1. The molecule has 1 heterocycles. The molecule has 2 aliphatic rings. The van der Waals surface area contributed by atoms with Gasteiger partial charge in [-0.1, -0.05) is 43.2 Å². The lowest BCUT2D eigenvalue weighted by Crippen LogP contribution is -2.74. The van der Waals surface area contributed by atoms with Crippen LogP contribution in [0.15, 0.2) is 30.3 Å². The maximum Gasteiger partial charge on any atom is 0.246 e. The second kappa shape index (κ2) is 5.99. The Kier molecular flexibility index (Phi) is 4.17. The van der Waals surface area contributed by atoms with Crippen molar-refractivity contribution in [2.45, 2.75) is 58.2 Å². The number of amides is 2. The molecule has 0 bridgehead atoms. The number of β-lactam (4-membered cyclic amide) rings is 1. The van der Waals surface area contributed by atoms with E-state index in [9.17, 15) is 9.59 Å². The van der Waals surface area contributed by atoms with E-state index in [1.165, 1.54) is 0 Å². The second-order valence-corrected chi connectivity index (χ2v) is 7.25. The molecule has 4 nitrogen and oxygen atoms in total. The van der Waals surface area contributed by atoms with Crippen LogP contribution in [0.4, 0.5) is 0 Å². The smallest absolute Gasteiger partial charge is 0.246 e. The van der Waals surface area contributed by atoms with Crippen molar-refractivity contribution in [3.05, 3.63) is 35.9 Å². The number of benzene rings is 1. The van der Waals surface area contributed by atoms with Gasteiger partial charge in [0, 0.05) is 19.6 Å². The number of rotatable bonds is 4. The Bertz CT molecular complexity index is 591. The van der Waals surface area contributed by atoms with Crippen LogP contribution in [0.25, 0.3) is 0 Å². The molecule has 0 radical (unpaired) electrons. The molecule has 1 spiro atoms. The molecule has 2 fully saturated rings. The summed E-state index contributed by atoms with van der Waals surface area (Å²) in [7, 11) is 1.85. The molecule has 1 atom stereocenters. The first-order chi connectivity index (χ1) is 11.0. The third kappa shape index (κ3) is 2.54. The van der Waals surface area contributed by atoms with Gasteiger partial charge in [-0.25, -0.2) is 0 Å². The highest BCUT2D eigenvalue weighted by molar-refractivity contribution is 6.02. The van der Waals surface area contributed by atoms with Crippen LogP contribution in [0.1, 0.15) is 45.1 Å². The van der Waals surface area contributed by atoms with Crippen molar-refractivity contribution >= 4 is 11.8 Å². The molecule has 1 aliphatic heterocycles. The zero-order valence-electron chi connectivity index (χ0n) is 14.3. The van der Waals surface area contributed by atoms with Crippen molar-refractivity contribution in [2.24, 2.45) is 5.41 Å². The Morgan fingerprint density at radius 2 is 1.87 bits per heavy atom. The zero-order chi connectivity index (χ0) is 16.6. The van der Waals surface area contributed by atoms with E-state index in [0.717, 1.165) is 31.2 Å². The fourth-order valence-corrected chi connectivity index (χ4v) is 4.22. The minimum Gasteiger partial charge on any atom is -0.340 e. The summed E-state index contributed by atoms with van der Waals surface area (Å²) in [6, 6.07) is 9.81. The number of likely N-dealkylation sites (tertiary alicyclic amines) is 1. The fraction of sp³-hybridized carbons (Fsp3) is 0.579. The summed E-state index contributed by atoms with van der Waals surface area (Å²) in [6.45, 7) is 4.58.